The van der Waals surface area contributed by atoms with Gasteiger partial charge in [-0.25, -0.2) is 0 Å². The van der Waals surface area contributed by atoms with Gasteiger partial charge in [0.25, 0.3) is 0 Å². The molecule has 1 aromatic heterocycles. The Morgan fingerprint density at radius 1 is 1.25 bits per heavy atom. The molecule has 0 atom stereocenters. The second kappa shape index (κ2) is 6.56. The lowest BCUT2D eigenvalue weighted by molar-refractivity contribution is 0.893. The first kappa shape index (κ1) is 14.6. The van der Waals surface area contributed by atoms with Crippen molar-refractivity contribution in [2.75, 3.05) is 29.5 Å². The Hall–Kier alpha value is -1.82. The minimum Gasteiger partial charge on any atom is -0.370 e. The van der Waals surface area contributed by atoms with E-state index in [1.54, 1.807) is 0 Å². The first-order chi connectivity index (χ1) is 9.58. The summed E-state index contributed by atoms with van der Waals surface area (Å²) >= 11 is 3.43. The van der Waals surface area contributed by atoms with Gasteiger partial charge in [-0.1, -0.05) is 28.1 Å². The summed E-state index contributed by atoms with van der Waals surface area (Å²) in [5, 5.41) is 3.15. The number of nitrogens with two attached hydrogens (primary N) is 1. The highest BCUT2D eigenvalue weighted by Gasteiger charge is 2.07. The van der Waals surface area contributed by atoms with E-state index in [2.05, 4.69) is 43.3 Å². The van der Waals surface area contributed by atoms with E-state index < -0.39 is 0 Å². The molecule has 2 rings (SSSR count). The van der Waals surface area contributed by atoms with E-state index >= 15 is 0 Å². The summed E-state index contributed by atoms with van der Waals surface area (Å²) in [6.07, 6.45) is 0. The number of hydrogen-bond donors (Lipinski definition) is 2. The minimum absolute atomic E-state index is 0.279. The summed E-state index contributed by atoms with van der Waals surface area (Å²) in [5.41, 5.74) is 6.95. The molecule has 0 aliphatic rings. The van der Waals surface area contributed by atoms with E-state index in [1.165, 1.54) is 5.56 Å². The number of benzene rings is 1. The molecular weight excluding hydrogens is 318 g/mol. The maximum atomic E-state index is 5.75. The van der Waals surface area contributed by atoms with Crippen LogP contribution in [0.1, 0.15) is 12.5 Å². The fourth-order valence-corrected chi connectivity index (χ4v) is 2.13. The third kappa shape index (κ3) is 3.84. The van der Waals surface area contributed by atoms with Crippen molar-refractivity contribution in [2.45, 2.75) is 13.5 Å². The number of anilines is 3. The number of rotatable bonds is 5. The molecule has 3 N–H and O–H groups in total. The quantitative estimate of drug-likeness (QED) is 0.879. The Kier molecular flexibility index (Phi) is 4.79. The molecule has 0 saturated heterocycles. The van der Waals surface area contributed by atoms with Crippen LogP contribution in [0.3, 0.4) is 0 Å². The maximum absolute atomic E-state index is 5.75. The molecular formula is C14H18BrN5. The van der Waals surface area contributed by atoms with Gasteiger partial charge < -0.3 is 16.0 Å². The number of nitrogen functional groups attached to an aromatic ring is 1. The number of nitrogens with one attached hydrogen (secondary N) is 1. The Balaban J connectivity index is 2.15. The summed E-state index contributed by atoms with van der Waals surface area (Å²) in [5.74, 6) is 1.83. The van der Waals surface area contributed by atoms with Crippen molar-refractivity contribution < 1.29 is 0 Å². The second-order valence-electron chi connectivity index (χ2n) is 4.48. The molecule has 106 valence electrons. The minimum atomic E-state index is 0.279. The summed E-state index contributed by atoms with van der Waals surface area (Å²) in [6.45, 7) is 3.57. The van der Waals surface area contributed by atoms with E-state index in [-0.39, 0.29) is 5.95 Å². The number of halogens is 1. The lowest BCUT2D eigenvalue weighted by atomic mass is 10.2. The van der Waals surface area contributed by atoms with Crippen molar-refractivity contribution >= 4 is 33.5 Å². The topological polar surface area (TPSA) is 67.1 Å². The van der Waals surface area contributed by atoms with Crippen molar-refractivity contribution in [3.05, 3.63) is 40.4 Å². The molecule has 0 unspecified atom stereocenters. The summed E-state index contributed by atoms with van der Waals surface area (Å²) in [6, 6.07) is 10.1. The molecule has 0 aliphatic heterocycles. The van der Waals surface area contributed by atoms with Crippen molar-refractivity contribution in [3.8, 4) is 0 Å². The molecule has 5 nitrogen and oxygen atoms in total. The SMILES string of the molecule is CCNc1cc(N(C)Cc2ccc(Br)cc2)nc(N)n1. The molecule has 6 heteroatoms. The molecule has 1 heterocycles. The van der Waals surface area contributed by atoms with E-state index in [0.29, 0.717) is 0 Å². The Morgan fingerprint density at radius 3 is 2.60 bits per heavy atom. The van der Waals surface area contributed by atoms with Crippen molar-refractivity contribution in [2.24, 2.45) is 0 Å². The molecule has 1 aromatic carbocycles. The fraction of sp³-hybridized carbons (Fsp3) is 0.286. The van der Waals surface area contributed by atoms with Crippen molar-refractivity contribution in [3.63, 3.8) is 0 Å². The first-order valence-corrected chi connectivity index (χ1v) is 7.22. The normalized spacial score (nSPS) is 10.3. The molecule has 0 aliphatic carbocycles. The fourth-order valence-electron chi connectivity index (χ4n) is 1.86. The van der Waals surface area contributed by atoms with Crippen LogP contribution in [0.4, 0.5) is 17.6 Å². The van der Waals surface area contributed by atoms with Crippen LogP contribution in [0.25, 0.3) is 0 Å². The van der Waals surface area contributed by atoms with Crippen LogP contribution in [-0.4, -0.2) is 23.6 Å². The lowest BCUT2D eigenvalue weighted by Gasteiger charge is -2.19. The Bertz CT molecular complexity index is 570. The van der Waals surface area contributed by atoms with Gasteiger partial charge in [0.05, 0.1) is 0 Å². The van der Waals surface area contributed by atoms with Gasteiger partial charge >= 0.3 is 0 Å². The molecule has 2 aromatic rings. The highest BCUT2D eigenvalue weighted by atomic mass is 79.9. The zero-order valence-electron chi connectivity index (χ0n) is 11.6. The van der Waals surface area contributed by atoms with Gasteiger partial charge in [-0.15, -0.1) is 0 Å². The maximum Gasteiger partial charge on any atom is 0.223 e. The standard InChI is InChI=1S/C14H18BrN5/c1-3-17-12-8-13(19-14(16)18-12)20(2)9-10-4-6-11(15)7-5-10/h4-8H,3,9H2,1-2H3,(H3,16,17,18,19). The first-order valence-electron chi connectivity index (χ1n) is 6.42. The van der Waals surface area contributed by atoms with Crippen LogP contribution in [0.5, 0.6) is 0 Å². The third-order valence-electron chi connectivity index (χ3n) is 2.81. The van der Waals surface area contributed by atoms with Crippen LogP contribution < -0.4 is 16.0 Å². The lowest BCUT2D eigenvalue weighted by Crippen LogP contribution is -2.19. The molecule has 0 spiro atoms. The van der Waals surface area contributed by atoms with Crippen LogP contribution >= 0.6 is 15.9 Å². The molecule has 0 radical (unpaired) electrons. The third-order valence-corrected chi connectivity index (χ3v) is 3.34. The van der Waals surface area contributed by atoms with Crippen LogP contribution in [0.2, 0.25) is 0 Å². The van der Waals surface area contributed by atoms with Gasteiger partial charge in [-0.2, -0.15) is 9.97 Å². The predicted octanol–water partition coefficient (Wildman–Crippen LogP) is 2.89. The molecule has 0 amide bonds. The smallest absolute Gasteiger partial charge is 0.223 e. The van der Waals surface area contributed by atoms with Crippen molar-refractivity contribution in [1.29, 1.82) is 0 Å². The van der Waals surface area contributed by atoms with Crippen molar-refractivity contribution in [1.82, 2.24) is 9.97 Å². The molecule has 0 bridgehead atoms. The average Bonchev–Trinajstić information content (AvgIpc) is 2.41. The van der Waals surface area contributed by atoms with Gasteiger partial charge in [0.2, 0.25) is 5.95 Å². The summed E-state index contributed by atoms with van der Waals surface area (Å²) in [7, 11) is 1.99. The van der Waals surface area contributed by atoms with E-state index in [9.17, 15) is 0 Å². The highest BCUT2D eigenvalue weighted by molar-refractivity contribution is 9.10. The van der Waals surface area contributed by atoms with Gasteiger partial charge in [0.15, 0.2) is 0 Å². The van der Waals surface area contributed by atoms with Crippen LogP contribution in [0.15, 0.2) is 34.8 Å². The Morgan fingerprint density at radius 2 is 1.95 bits per heavy atom. The average molecular weight is 336 g/mol. The Labute approximate surface area is 127 Å². The molecule has 20 heavy (non-hydrogen) atoms. The van der Waals surface area contributed by atoms with E-state index in [1.807, 2.05) is 37.1 Å². The van der Waals surface area contributed by atoms with Gasteiger partial charge in [0, 0.05) is 30.7 Å². The largest absolute Gasteiger partial charge is 0.370 e. The molecule has 0 fully saturated rings. The highest BCUT2D eigenvalue weighted by Crippen LogP contribution is 2.18. The number of hydrogen-bond acceptors (Lipinski definition) is 5. The van der Waals surface area contributed by atoms with E-state index in [0.717, 1.165) is 29.2 Å². The van der Waals surface area contributed by atoms with Gasteiger partial charge in [-0.05, 0) is 24.6 Å². The van der Waals surface area contributed by atoms with Gasteiger partial charge in [0.1, 0.15) is 11.6 Å². The zero-order chi connectivity index (χ0) is 14.5. The second-order valence-corrected chi connectivity index (χ2v) is 5.40. The van der Waals surface area contributed by atoms with Gasteiger partial charge in [-0.3, -0.25) is 0 Å². The zero-order valence-corrected chi connectivity index (χ0v) is 13.2. The molecule has 0 saturated carbocycles. The summed E-state index contributed by atoms with van der Waals surface area (Å²) in [4.78, 5) is 10.5. The van der Waals surface area contributed by atoms with Crippen LogP contribution in [0, 0.1) is 0 Å². The monoisotopic (exact) mass is 335 g/mol. The van der Waals surface area contributed by atoms with Crippen LogP contribution in [-0.2, 0) is 6.54 Å². The number of aromatic nitrogens is 2. The number of nitrogens with zero attached hydrogens (tertiary/aromatic N) is 3. The predicted molar refractivity (Wildman–Crippen MR) is 86.9 cm³/mol. The van der Waals surface area contributed by atoms with E-state index in [4.69, 9.17) is 5.73 Å². The summed E-state index contributed by atoms with van der Waals surface area (Å²) < 4.78 is 1.07.